The third kappa shape index (κ3) is 4.19. The van der Waals surface area contributed by atoms with Crippen LogP contribution in [-0.2, 0) is 0 Å². The zero-order chi connectivity index (χ0) is 17.7. The molecular weight excluding hydrogens is 304 g/mol. The number of nitrogens with zero attached hydrogens (tertiary/aromatic N) is 1. The average Bonchev–Trinajstić information content (AvgIpc) is 2.54. The van der Waals surface area contributed by atoms with E-state index in [2.05, 4.69) is 19.2 Å². The highest BCUT2D eigenvalue weighted by molar-refractivity contribution is 5.96. The van der Waals surface area contributed by atoms with Crippen LogP contribution in [0.25, 0.3) is 0 Å². The second kappa shape index (κ2) is 7.73. The van der Waals surface area contributed by atoms with Crippen molar-refractivity contribution < 1.29 is 9.72 Å². The third-order valence-corrected chi connectivity index (χ3v) is 3.96. The van der Waals surface area contributed by atoms with Gasteiger partial charge in [-0.05, 0) is 30.9 Å². The summed E-state index contributed by atoms with van der Waals surface area (Å²) in [4.78, 5) is 23.3. The van der Waals surface area contributed by atoms with Gasteiger partial charge in [-0.1, -0.05) is 50.2 Å². The van der Waals surface area contributed by atoms with E-state index in [1.54, 1.807) is 19.1 Å². The molecule has 2 rings (SSSR count). The largest absolute Gasteiger partial charge is 0.345 e. The molecule has 0 spiro atoms. The predicted octanol–water partition coefficient (Wildman–Crippen LogP) is 4.42. The Morgan fingerprint density at radius 1 is 1.12 bits per heavy atom. The minimum atomic E-state index is -0.463. The first-order valence-electron chi connectivity index (χ1n) is 8.00. The molecule has 24 heavy (non-hydrogen) atoms. The number of nitrogens with one attached hydrogen (secondary N) is 1. The molecule has 1 N–H and O–H groups in total. The Hall–Kier alpha value is -2.69. The van der Waals surface area contributed by atoms with Crippen LogP contribution in [0.15, 0.2) is 48.5 Å². The fraction of sp³-hybridized carbons (Fsp3) is 0.316. The second-order valence-corrected chi connectivity index (χ2v) is 6.27. The first-order valence-corrected chi connectivity index (χ1v) is 8.00. The molecule has 0 aliphatic heterocycles. The molecule has 0 aliphatic carbocycles. The first kappa shape index (κ1) is 17.7. The number of carbonyl (C=O) groups is 1. The molecule has 0 radical (unpaired) electrons. The molecule has 5 nitrogen and oxygen atoms in total. The maximum atomic E-state index is 12.7. The lowest BCUT2D eigenvalue weighted by Crippen LogP contribution is -2.30. The van der Waals surface area contributed by atoms with Gasteiger partial charge in [-0.15, -0.1) is 0 Å². The van der Waals surface area contributed by atoms with Crippen molar-refractivity contribution in [1.29, 1.82) is 0 Å². The van der Waals surface area contributed by atoms with Crippen LogP contribution in [0.5, 0.6) is 0 Å². The van der Waals surface area contributed by atoms with Crippen LogP contribution in [0.1, 0.15) is 47.8 Å². The summed E-state index contributed by atoms with van der Waals surface area (Å²) in [5, 5.41) is 14.1. The normalized spacial score (nSPS) is 12.0. The molecular formula is C19H22N2O3. The molecule has 0 saturated carbocycles. The number of amides is 1. The number of hydrogen-bond donors (Lipinski definition) is 1. The van der Waals surface area contributed by atoms with Gasteiger partial charge in [0.15, 0.2) is 0 Å². The number of carbonyl (C=O) groups excluding carboxylic acids is 1. The maximum Gasteiger partial charge on any atom is 0.273 e. The number of rotatable bonds is 6. The highest BCUT2D eigenvalue weighted by Gasteiger charge is 2.21. The van der Waals surface area contributed by atoms with Crippen molar-refractivity contribution in [2.24, 2.45) is 5.92 Å². The molecule has 2 aromatic carbocycles. The van der Waals surface area contributed by atoms with E-state index >= 15 is 0 Å². The van der Waals surface area contributed by atoms with Gasteiger partial charge in [-0.3, -0.25) is 14.9 Å². The van der Waals surface area contributed by atoms with Crippen LogP contribution in [0, 0.1) is 23.0 Å². The molecule has 0 heterocycles. The van der Waals surface area contributed by atoms with E-state index in [1.165, 1.54) is 6.07 Å². The van der Waals surface area contributed by atoms with Crippen molar-refractivity contribution in [1.82, 2.24) is 5.32 Å². The third-order valence-electron chi connectivity index (χ3n) is 3.96. The summed E-state index contributed by atoms with van der Waals surface area (Å²) in [6, 6.07) is 14.2. The lowest BCUT2D eigenvalue weighted by Gasteiger charge is -2.21. The van der Waals surface area contributed by atoms with Gasteiger partial charge in [0.25, 0.3) is 11.6 Å². The Morgan fingerprint density at radius 2 is 1.79 bits per heavy atom. The molecule has 2 aromatic rings. The summed E-state index contributed by atoms with van der Waals surface area (Å²) in [5.41, 5.74) is 1.72. The van der Waals surface area contributed by atoms with E-state index < -0.39 is 4.92 Å². The quantitative estimate of drug-likeness (QED) is 0.631. The van der Waals surface area contributed by atoms with Gasteiger partial charge in [0.2, 0.25) is 0 Å². The smallest absolute Gasteiger partial charge is 0.273 e. The summed E-state index contributed by atoms with van der Waals surface area (Å²) in [7, 11) is 0. The van der Waals surface area contributed by atoms with Crippen LogP contribution < -0.4 is 5.32 Å². The van der Waals surface area contributed by atoms with Crippen LogP contribution in [0.4, 0.5) is 5.69 Å². The van der Waals surface area contributed by atoms with Crippen molar-refractivity contribution in [3.8, 4) is 0 Å². The zero-order valence-electron chi connectivity index (χ0n) is 14.2. The summed E-state index contributed by atoms with van der Waals surface area (Å²) in [6.07, 6.45) is 0.795. The SMILES string of the molecule is Cc1c(C(=O)NC(CC(C)C)c2ccccc2)cccc1[N+](=O)[O-]. The topological polar surface area (TPSA) is 72.2 Å². The van der Waals surface area contributed by atoms with E-state index in [0.717, 1.165) is 12.0 Å². The average molecular weight is 326 g/mol. The van der Waals surface area contributed by atoms with Crippen molar-refractivity contribution in [2.45, 2.75) is 33.2 Å². The fourth-order valence-electron chi connectivity index (χ4n) is 2.74. The van der Waals surface area contributed by atoms with Crippen molar-refractivity contribution in [2.75, 3.05) is 0 Å². The van der Waals surface area contributed by atoms with Gasteiger partial charge in [-0.25, -0.2) is 0 Å². The Morgan fingerprint density at radius 3 is 2.38 bits per heavy atom. The van der Waals surface area contributed by atoms with E-state index in [0.29, 0.717) is 17.0 Å². The zero-order valence-corrected chi connectivity index (χ0v) is 14.2. The second-order valence-electron chi connectivity index (χ2n) is 6.27. The molecule has 1 atom stereocenters. The minimum Gasteiger partial charge on any atom is -0.345 e. The highest BCUT2D eigenvalue weighted by Crippen LogP contribution is 2.24. The summed E-state index contributed by atoms with van der Waals surface area (Å²) >= 11 is 0. The molecule has 0 saturated heterocycles. The van der Waals surface area contributed by atoms with Crippen molar-refractivity contribution >= 4 is 11.6 Å². The predicted molar refractivity (Wildman–Crippen MR) is 93.9 cm³/mol. The standard InChI is InChI=1S/C19H22N2O3/c1-13(2)12-17(15-8-5-4-6-9-15)20-19(22)16-10-7-11-18(14(16)3)21(23)24/h4-11,13,17H,12H2,1-3H3,(H,20,22). The van der Waals surface area contributed by atoms with Gasteiger partial charge in [0.1, 0.15) is 0 Å². The number of hydrogen-bond acceptors (Lipinski definition) is 3. The van der Waals surface area contributed by atoms with Gasteiger partial charge in [0, 0.05) is 17.2 Å². The van der Waals surface area contributed by atoms with Crippen LogP contribution >= 0.6 is 0 Å². The van der Waals surface area contributed by atoms with E-state index in [4.69, 9.17) is 0 Å². The van der Waals surface area contributed by atoms with E-state index in [9.17, 15) is 14.9 Å². The molecule has 1 unspecified atom stereocenters. The highest BCUT2D eigenvalue weighted by atomic mass is 16.6. The molecule has 126 valence electrons. The molecule has 5 heteroatoms. The summed E-state index contributed by atoms with van der Waals surface area (Å²) < 4.78 is 0. The van der Waals surface area contributed by atoms with Gasteiger partial charge in [-0.2, -0.15) is 0 Å². The van der Waals surface area contributed by atoms with Gasteiger partial charge < -0.3 is 5.32 Å². The maximum absolute atomic E-state index is 12.7. The Balaban J connectivity index is 2.28. The number of nitro benzene ring substituents is 1. The first-order chi connectivity index (χ1) is 11.4. The van der Waals surface area contributed by atoms with E-state index in [1.807, 2.05) is 30.3 Å². The molecule has 0 aliphatic rings. The van der Waals surface area contributed by atoms with Crippen LogP contribution in [0.2, 0.25) is 0 Å². The summed E-state index contributed by atoms with van der Waals surface area (Å²) in [5.74, 6) is 0.118. The molecule has 0 aromatic heterocycles. The Kier molecular flexibility index (Phi) is 5.68. The fourth-order valence-corrected chi connectivity index (χ4v) is 2.74. The van der Waals surface area contributed by atoms with Crippen molar-refractivity contribution in [3.05, 3.63) is 75.3 Å². The monoisotopic (exact) mass is 326 g/mol. The van der Waals surface area contributed by atoms with Gasteiger partial charge in [0.05, 0.1) is 11.0 Å². The lowest BCUT2D eigenvalue weighted by atomic mass is 9.96. The van der Waals surface area contributed by atoms with E-state index in [-0.39, 0.29) is 17.6 Å². The number of benzene rings is 2. The molecule has 0 fully saturated rings. The van der Waals surface area contributed by atoms with Crippen molar-refractivity contribution in [3.63, 3.8) is 0 Å². The Bertz CT molecular complexity index is 727. The molecule has 0 bridgehead atoms. The number of nitro groups is 1. The molecule has 1 amide bonds. The van der Waals surface area contributed by atoms with Crippen LogP contribution in [0.3, 0.4) is 0 Å². The minimum absolute atomic E-state index is 0.0391. The van der Waals surface area contributed by atoms with Gasteiger partial charge >= 0.3 is 0 Å². The van der Waals surface area contributed by atoms with Crippen LogP contribution in [-0.4, -0.2) is 10.8 Å². The lowest BCUT2D eigenvalue weighted by molar-refractivity contribution is -0.385. The Labute approximate surface area is 141 Å². The summed E-state index contributed by atoms with van der Waals surface area (Å²) in [6.45, 7) is 5.80.